The Morgan fingerprint density at radius 3 is 2.58 bits per heavy atom. The number of pyridine rings is 1. The van der Waals surface area contributed by atoms with Gasteiger partial charge in [0, 0.05) is 17.1 Å². The summed E-state index contributed by atoms with van der Waals surface area (Å²) >= 11 is 0. The van der Waals surface area contributed by atoms with Crippen LogP contribution in [0, 0.1) is 12.8 Å². The van der Waals surface area contributed by atoms with Crippen LogP contribution in [0.15, 0.2) is 12.3 Å². The average molecular weight is 260 g/mol. The lowest BCUT2D eigenvalue weighted by Gasteiger charge is -2.22. The molecule has 0 bridgehead atoms. The topological polar surface area (TPSA) is 37.9 Å². The number of nitrogens with zero attached hydrogens (tertiary/aromatic N) is 1. The van der Waals surface area contributed by atoms with Crippen LogP contribution >= 0.6 is 0 Å². The van der Waals surface area contributed by atoms with Gasteiger partial charge in [0.15, 0.2) is 0 Å². The van der Waals surface area contributed by atoms with Crippen LogP contribution < -0.4 is 4.74 Å². The maximum atomic E-state index is 5.91. The average Bonchev–Trinajstić information content (AvgIpc) is 2.65. The third-order valence-electron chi connectivity index (χ3n) is 3.20. The molecule has 2 heterocycles. The first-order valence-electron chi connectivity index (χ1n) is 6.91. The van der Waals surface area contributed by atoms with Crippen LogP contribution in [-0.2, 0) is 5.41 Å². The Kier molecular flexibility index (Phi) is 3.57. The minimum Gasteiger partial charge on any atom is -0.477 e. The summed E-state index contributed by atoms with van der Waals surface area (Å²) in [6.45, 7) is 13.7. The number of aromatic nitrogens is 2. The molecular weight excluding hydrogens is 236 g/mol. The summed E-state index contributed by atoms with van der Waals surface area (Å²) in [7, 11) is 0. The molecule has 2 rings (SSSR count). The van der Waals surface area contributed by atoms with Gasteiger partial charge in [-0.1, -0.05) is 34.6 Å². The van der Waals surface area contributed by atoms with E-state index < -0.39 is 0 Å². The van der Waals surface area contributed by atoms with E-state index in [9.17, 15) is 0 Å². The van der Waals surface area contributed by atoms with Crippen molar-refractivity contribution >= 4 is 11.0 Å². The van der Waals surface area contributed by atoms with Crippen molar-refractivity contribution in [1.82, 2.24) is 9.97 Å². The van der Waals surface area contributed by atoms with Gasteiger partial charge in [-0.25, -0.2) is 0 Å². The number of ether oxygens (including phenoxy) is 1. The van der Waals surface area contributed by atoms with Gasteiger partial charge in [0.05, 0.1) is 6.61 Å². The van der Waals surface area contributed by atoms with E-state index in [4.69, 9.17) is 4.74 Å². The summed E-state index contributed by atoms with van der Waals surface area (Å²) in [6.07, 6.45) is 2.00. The zero-order valence-electron chi connectivity index (χ0n) is 12.8. The van der Waals surface area contributed by atoms with Crippen LogP contribution in [0.25, 0.3) is 11.0 Å². The predicted molar refractivity (Wildman–Crippen MR) is 79.9 cm³/mol. The van der Waals surface area contributed by atoms with Crippen molar-refractivity contribution in [2.45, 2.75) is 47.0 Å². The van der Waals surface area contributed by atoms with Gasteiger partial charge in [-0.15, -0.1) is 0 Å². The third kappa shape index (κ3) is 2.91. The van der Waals surface area contributed by atoms with Gasteiger partial charge < -0.3 is 9.72 Å². The summed E-state index contributed by atoms with van der Waals surface area (Å²) in [6, 6.07) is 2.21. The number of fused-ring (bicyclic) bond motifs is 1. The van der Waals surface area contributed by atoms with Gasteiger partial charge in [0.2, 0.25) is 5.88 Å². The minimum atomic E-state index is 0.0250. The van der Waals surface area contributed by atoms with Crippen LogP contribution in [-0.4, -0.2) is 16.6 Å². The molecule has 0 saturated heterocycles. The second kappa shape index (κ2) is 4.87. The minimum absolute atomic E-state index is 0.0250. The molecule has 0 aliphatic carbocycles. The number of hydrogen-bond acceptors (Lipinski definition) is 2. The number of aromatic amines is 1. The third-order valence-corrected chi connectivity index (χ3v) is 3.20. The molecule has 2 aromatic heterocycles. The van der Waals surface area contributed by atoms with Crippen molar-refractivity contribution in [3.8, 4) is 5.88 Å². The van der Waals surface area contributed by atoms with Crippen LogP contribution in [0.1, 0.15) is 45.7 Å². The molecule has 104 valence electrons. The van der Waals surface area contributed by atoms with Crippen molar-refractivity contribution in [2.75, 3.05) is 6.61 Å². The molecule has 0 spiro atoms. The van der Waals surface area contributed by atoms with E-state index in [0.717, 1.165) is 11.5 Å². The summed E-state index contributed by atoms with van der Waals surface area (Å²) < 4.78 is 5.91. The first-order chi connectivity index (χ1) is 8.79. The Balaban J connectivity index is 2.52. The Hall–Kier alpha value is -1.51. The van der Waals surface area contributed by atoms with E-state index >= 15 is 0 Å². The molecule has 0 unspecified atom stereocenters. The number of rotatable bonds is 3. The molecule has 0 radical (unpaired) electrons. The number of aryl methyl sites for hydroxylation is 1. The fourth-order valence-electron chi connectivity index (χ4n) is 2.05. The Morgan fingerprint density at radius 2 is 2.00 bits per heavy atom. The second-order valence-corrected chi connectivity index (χ2v) is 6.66. The fourth-order valence-corrected chi connectivity index (χ4v) is 2.05. The molecular formula is C16H24N2O. The zero-order valence-corrected chi connectivity index (χ0v) is 12.8. The van der Waals surface area contributed by atoms with Gasteiger partial charge in [-0.3, -0.25) is 0 Å². The van der Waals surface area contributed by atoms with Crippen molar-refractivity contribution in [3.05, 3.63) is 23.4 Å². The molecule has 2 aromatic rings. The summed E-state index contributed by atoms with van der Waals surface area (Å²) in [5, 5.41) is 1.18. The fraction of sp³-hybridized carbons (Fsp3) is 0.562. The molecule has 0 aliphatic heterocycles. The maximum absolute atomic E-state index is 5.91. The SMILES string of the molecule is Cc1c[nH]c2nc(OCC(C)C)c(C(C)(C)C)cc12. The summed E-state index contributed by atoms with van der Waals surface area (Å²) in [5.74, 6) is 1.26. The molecule has 19 heavy (non-hydrogen) atoms. The number of hydrogen-bond donors (Lipinski definition) is 1. The number of H-pyrrole nitrogens is 1. The smallest absolute Gasteiger partial charge is 0.219 e. The highest BCUT2D eigenvalue weighted by Crippen LogP contribution is 2.33. The standard InChI is InChI=1S/C16H24N2O/c1-10(2)9-19-15-13(16(4,5)6)7-12-11(3)8-17-14(12)18-15/h7-8,10H,9H2,1-6H3,(H,17,18). The van der Waals surface area contributed by atoms with E-state index in [-0.39, 0.29) is 5.41 Å². The van der Waals surface area contributed by atoms with Crippen molar-refractivity contribution in [3.63, 3.8) is 0 Å². The van der Waals surface area contributed by atoms with Gasteiger partial charge >= 0.3 is 0 Å². The highest BCUT2D eigenvalue weighted by atomic mass is 16.5. The molecule has 0 saturated carbocycles. The molecule has 0 amide bonds. The Bertz CT molecular complexity index is 576. The normalized spacial score (nSPS) is 12.4. The molecule has 3 heteroatoms. The quantitative estimate of drug-likeness (QED) is 0.898. The van der Waals surface area contributed by atoms with E-state index in [1.165, 1.54) is 16.5 Å². The molecule has 0 fully saturated rings. The van der Waals surface area contributed by atoms with Crippen molar-refractivity contribution < 1.29 is 4.74 Å². The summed E-state index contributed by atoms with van der Waals surface area (Å²) in [4.78, 5) is 7.86. The lowest BCUT2D eigenvalue weighted by Crippen LogP contribution is -2.16. The first-order valence-corrected chi connectivity index (χ1v) is 6.91. The molecule has 1 N–H and O–H groups in total. The van der Waals surface area contributed by atoms with Gasteiger partial charge in [-0.2, -0.15) is 4.98 Å². The highest BCUT2D eigenvalue weighted by molar-refractivity contribution is 5.81. The number of nitrogens with one attached hydrogen (secondary N) is 1. The maximum Gasteiger partial charge on any atom is 0.219 e. The molecule has 0 aromatic carbocycles. The Labute approximate surface area is 115 Å². The first kappa shape index (κ1) is 13.9. The lowest BCUT2D eigenvalue weighted by atomic mass is 9.87. The van der Waals surface area contributed by atoms with Gasteiger partial charge in [0.25, 0.3) is 0 Å². The highest BCUT2D eigenvalue weighted by Gasteiger charge is 2.22. The molecule has 0 atom stereocenters. The van der Waals surface area contributed by atoms with E-state index in [1.807, 2.05) is 6.20 Å². The van der Waals surface area contributed by atoms with Gasteiger partial charge in [0.1, 0.15) is 5.65 Å². The van der Waals surface area contributed by atoms with E-state index in [2.05, 4.69) is 57.6 Å². The van der Waals surface area contributed by atoms with Crippen LogP contribution in [0.4, 0.5) is 0 Å². The molecule has 0 aliphatic rings. The zero-order chi connectivity index (χ0) is 14.2. The monoisotopic (exact) mass is 260 g/mol. The van der Waals surface area contributed by atoms with Crippen LogP contribution in [0.5, 0.6) is 5.88 Å². The second-order valence-electron chi connectivity index (χ2n) is 6.66. The van der Waals surface area contributed by atoms with Crippen molar-refractivity contribution in [1.29, 1.82) is 0 Å². The van der Waals surface area contributed by atoms with Crippen molar-refractivity contribution in [2.24, 2.45) is 5.92 Å². The van der Waals surface area contributed by atoms with Crippen LogP contribution in [0.2, 0.25) is 0 Å². The Morgan fingerprint density at radius 1 is 1.32 bits per heavy atom. The predicted octanol–water partition coefficient (Wildman–Crippen LogP) is 4.20. The van der Waals surface area contributed by atoms with Gasteiger partial charge in [-0.05, 0) is 29.9 Å². The van der Waals surface area contributed by atoms with E-state index in [0.29, 0.717) is 12.5 Å². The lowest BCUT2D eigenvalue weighted by molar-refractivity contribution is 0.255. The summed E-state index contributed by atoms with van der Waals surface area (Å²) in [5.41, 5.74) is 3.33. The largest absolute Gasteiger partial charge is 0.477 e. The van der Waals surface area contributed by atoms with E-state index in [1.54, 1.807) is 0 Å². The molecule has 3 nitrogen and oxygen atoms in total. The van der Waals surface area contributed by atoms with Crippen LogP contribution in [0.3, 0.4) is 0 Å².